The Labute approximate surface area is 120 Å². The highest BCUT2D eigenvalue weighted by atomic mass is 127. The molecule has 0 atom stereocenters. The van der Waals surface area contributed by atoms with Gasteiger partial charge in [-0.15, -0.1) is 0 Å². The van der Waals surface area contributed by atoms with Gasteiger partial charge in [-0.3, -0.25) is 10.1 Å². The summed E-state index contributed by atoms with van der Waals surface area (Å²) in [6.45, 7) is 1.10. The van der Waals surface area contributed by atoms with Gasteiger partial charge in [-0.1, -0.05) is 0 Å². The zero-order valence-corrected chi connectivity index (χ0v) is 11.9. The average Bonchev–Trinajstić information content (AvgIpc) is 2.79. The van der Waals surface area contributed by atoms with Gasteiger partial charge < -0.3 is 4.90 Å². The molecular weight excluding hydrogens is 376 g/mol. The standard InChI is InChI=1S/C11H10F3IN2O2/c12-11(13,14)8-5-7(17(18)19)6-9(15)10(8)16-3-1-2-4-16/h5-6H,1-4H2. The number of nitrogens with zero attached hydrogens (tertiary/aromatic N) is 2. The number of anilines is 1. The molecule has 104 valence electrons. The predicted octanol–water partition coefficient (Wildman–Crippen LogP) is 3.82. The van der Waals surface area contributed by atoms with Crippen molar-refractivity contribution in [2.24, 2.45) is 0 Å². The van der Waals surface area contributed by atoms with E-state index >= 15 is 0 Å². The molecule has 0 aliphatic carbocycles. The molecule has 0 radical (unpaired) electrons. The molecule has 0 unspecified atom stereocenters. The highest BCUT2D eigenvalue weighted by Gasteiger charge is 2.38. The summed E-state index contributed by atoms with van der Waals surface area (Å²) in [6.07, 6.45) is -2.92. The third kappa shape index (κ3) is 2.93. The Hall–Kier alpha value is -1.06. The summed E-state index contributed by atoms with van der Waals surface area (Å²) in [6, 6.07) is 1.80. The molecule has 4 nitrogen and oxygen atoms in total. The smallest absolute Gasteiger partial charge is 0.370 e. The lowest BCUT2D eigenvalue weighted by molar-refractivity contribution is -0.385. The Kier molecular flexibility index (Phi) is 3.88. The van der Waals surface area contributed by atoms with Crippen LogP contribution >= 0.6 is 22.6 Å². The highest BCUT2D eigenvalue weighted by Crippen LogP contribution is 2.42. The van der Waals surface area contributed by atoms with Crippen LogP contribution in [0.15, 0.2) is 12.1 Å². The number of halogens is 4. The second-order valence-corrected chi connectivity index (χ2v) is 5.43. The lowest BCUT2D eigenvalue weighted by Gasteiger charge is -2.23. The van der Waals surface area contributed by atoms with Crippen LogP contribution < -0.4 is 4.90 Å². The zero-order chi connectivity index (χ0) is 14.2. The fourth-order valence-corrected chi connectivity index (χ4v) is 3.12. The summed E-state index contributed by atoms with van der Waals surface area (Å²) in [5.41, 5.74) is -1.39. The minimum atomic E-state index is -4.59. The van der Waals surface area contributed by atoms with Gasteiger partial charge in [-0.25, -0.2) is 0 Å². The van der Waals surface area contributed by atoms with Gasteiger partial charge in [0.05, 0.1) is 16.2 Å². The predicted molar refractivity (Wildman–Crippen MR) is 72.3 cm³/mol. The van der Waals surface area contributed by atoms with E-state index in [2.05, 4.69) is 0 Å². The van der Waals surface area contributed by atoms with Gasteiger partial charge in [0.2, 0.25) is 0 Å². The Morgan fingerprint density at radius 2 is 1.84 bits per heavy atom. The van der Waals surface area contributed by atoms with Crippen molar-refractivity contribution >= 4 is 34.0 Å². The molecule has 1 heterocycles. The number of rotatable bonds is 2. The minimum Gasteiger partial charge on any atom is -0.370 e. The van der Waals surface area contributed by atoms with E-state index in [1.54, 1.807) is 27.5 Å². The molecule has 0 amide bonds. The average molecular weight is 386 g/mol. The van der Waals surface area contributed by atoms with E-state index in [0.717, 1.165) is 12.8 Å². The second kappa shape index (κ2) is 5.14. The molecule has 1 aromatic carbocycles. The third-order valence-corrected chi connectivity index (χ3v) is 3.81. The summed E-state index contributed by atoms with van der Waals surface area (Å²) < 4.78 is 39.5. The lowest BCUT2D eigenvalue weighted by Crippen LogP contribution is -2.23. The van der Waals surface area contributed by atoms with Crippen LogP contribution in [-0.4, -0.2) is 18.0 Å². The van der Waals surface area contributed by atoms with Crippen molar-refractivity contribution < 1.29 is 18.1 Å². The molecule has 0 saturated carbocycles. The van der Waals surface area contributed by atoms with Crippen LogP contribution in [0.4, 0.5) is 24.5 Å². The summed E-state index contributed by atoms with van der Waals surface area (Å²) >= 11 is 1.73. The second-order valence-electron chi connectivity index (χ2n) is 4.27. The zero-order valence-electron chi connectivity index (χ0n) is 9.71. The third-order valence-electron chi connectivity index (χ3n) is 2.99. The molecule has 1 aromatic rings. The van der Waals surface area contributed by atoms with Gasteiger partial charge in [0.25, 0.3) is 5.69 Å². The van der Waals surface area contributed by atoms with Gasteiger partial charge >= 0.3 is 6.18 Å². The lowest BCUT2D eigenvalue weighted by atomic mass is 10.1. The van der Waals surface area contributed by atoms with Crippen LogP contribution in [0.2, 0.25) is 0 Å². The molecule has 1 saturated heterocycles. The van der Waals surface area contributed by atoms with Crippen molar-refractivity contribution in [1.29, 1.82) is 0 Å². The van der Waals surface area contributed by atoms with E-state index < -0.39 is 22.4 Å². The Bertz CT molecular complexity index is 513. The first-order chi connectivity index (χ1) is 8.80. The van der Waals surface area contributed by atoms with Gasteiger partial charge in [0.15, 0.2) is 0 Å². The van der Waals surface area contributed by atoms with Crippen molar-refractivity contribution in [2.75, 3.05) is 18.0 Å². The minimum absolute atomic E-state index is 0.0659. The summed E-state index contributed by atoms with van der Waals surface area (Å²) in [4.78, 5) is 11.5. The number of hydrogen-bond acceptors (Lipinski definition) is 3. The fraction of sp³-hybridized carbons (Fsp3) is 0.455. The van der Waals surface area contributed by atoms with E-state index in [9.17, 15) is 23.3 Å². The molecule has 8 heteroatoms. The molecule has 0 spiro atoms. The monoisotopic (exact) mass is 386 g/mol. The first kappa shape index (κ1) is 14.4. The SMILES string of the molecule is O=[N+]([O-])c1cc(I)c(N2CCCC2)c(C(F)(F)F)c1. The van der Waals surface area contributed by atoms with Crippen LogP contribution in [-0.2, 0) is 6.18 Å². The Morgan fingerprint density at radius 1 is 1.26 bits per heavy atom. The summed E-state index contributed by atoms with van der Waals surface area (Å²) in [5.74, 6) is 0. The van der Waals surface area contributed by atoms with Crippen LogP contribution in [0.3, 0.4) is 0 Å². The summed E-state index contributed by atoms with van der Waals surface area (Å²) in [7, 11) is 0. The molecule has 0 bridgehead atoms. The normalized spacial score (nSPS) is 15.9. The molecule has 1 aliphatic heterocycles. The van der Waals surface area contributed by atoms with E-state index in [1.165, 1.54) is 6.07 Å². The fourth-order valence-electron chi connectivity index (χ4n) is 2.17. The van der Waals surface area contributed by atoms with Crippen LogP contribution in [0, 0.1) is 13.7 Å². The molecule has 0 N–H and O–H groups in total. The molecule has 19 heavy (non-hydrogen) atoms. The number of nitro benzene ring substituents is 1. The van der Waals surface area contributed by atoms with Crippen molar-refractivity contribution in [2.45, 2.75) is 19.0 Å². The van der Waals surface area contributed by atoms with Gasteiger partial charge in [0.1, 0.15) is 0 Å². The maximum absolute atomic E-state index is 13.1. The highest BCUT2D eigenvalue weighted by molar-refractivity contribution is 14.1. The number of hydrogen-bond donors (Lipinski definition) is 0. The van der Waals surface area contributed by atoms with Crippen LogP contribution in [0.25, 0.3) is 0 Å². The van der Waals surface area contributed by atoms with Crippen molar-refractivity contribution in [1.82, 2.24) is 0 Å². The molecule has 1 fully saturated rings. The Balaban J connectivity index is 2.60. The molecule has 0 aromatic heterocycles. The topological polar surface area (TPSA) is 46.4 Å². The van der Waals surface area contributed by atoms with E-state index in [-0.39, 0.29) is 9.26 Å². The molecule has 1 aliphatic rings. The Morgan fingerprint density at radius 3 is 2.32 bits per heavy atom. The first-order valence-corrected chi connectivity index (χ1v) is 6.68. The molecule has 2 rings (SSSR count). The molecular formula is C11H10F3IN2O2. The van der Waals surface area contributed by atoms with Crippen molar-refractivity contribution in [3.05, 3.63) is 31.4 Å². The first-order valence-electron chi connectivity index (χ1n) is 5.61. The van der Waals surface area contributed by atoms with E-state index in [4.69, 9.17) is 0 Å². The van der Waals surface area contributed by atoms with Crippen molar-refractivity contribution in [3.8, 4) is 0 Å². The summed E-state index contributed by atoms with van der Waals surface area (Å²) in [5, 5.41) is 10.7. The number of nitro groups is 1. The van der Waals surface area contributed by atoms with E-state index in [1.807, 2.05) is 0 Å². The van der Waals surface area contributed by atoms with Crippen molar-refractivity contribution in [3.63, 3.8) is 0 Å². The van der Waals surface area contributed by atoms with E-state index in [0.29, 0.717) is 19.2 Å². The van der Waals surface area contributed by atoms with Crippen LogP contribution in [0.5, 0.6) is 0 Å². The quantitative estimate of drug-likeness (QED) is 0.441. The van der Waals surface area contributed by atoms with Crippen LogP contribution in [0.1, 0.15) is 18.4 Å². The largest absolute Gasteiger partial charge is 0.418 e. The van der Waals surface area contributed by atoms with Gasteiger partial charge in [-0.2, -0.15) is 13.2 Å². The number of benzene rings is 1. The van der Waals surface area contributed by atoms with Gasteiger partial charge in [-0.05, 0) is 35.4 Å². The maximum atomic E-state index is 13.1. The maximum Gasteiger partial charge on any atom is 0.418 e. The number of alkyl halides is 3. The van der Waals surface area contributed by atoms with Gasteiger partial charge in [0, 0.05) is 28.8 Å². The number of non-ortho nitro benzene ring substituents is 1.